The highest BCUT2D eigenvalue weighted by molar-refractivity contribution is 14.0. The molecule has 0 aliphatic rings. The van der Waals surface area contributed by atoms with E-state index >= 15 is 0 Å². The molecule has 0 unspecified atom stereocenters. The van der Waals surface area contributed by atoms with E-state index in [4.69, 9.17) is 4.74 Å². The van der Waals surface area contributed by atoms with Gasteiger partial charge in [0.15, 0.2) is 5.96 Å². The molecule has 0 radical (unpaired) electrons. The van der Waals surface area contributed by atoms with Crippen molar-refractivity contribution < 1.29 is 9.13 Å². The summed E-state index contributed by atoms with van der Waals surface area (Å²) in [4.78, 5) is 4.46. The van der Waals surface area contributed by atoms with Crippen molar-refractivity contribution in [2.24, 2.45) is 4.99 Å². The zero-order chi connectivity index (χ0) is 15.3. The third kappa shape index (κ3) is 9.94. The first-order chi connectivity index (χ1) is 10.3. The van der Waals surface area contributed by atoms with Crippen LogP contribution in [-0.2, 0) is 11.3 Å². The molecule has 1 rings (SSSR count). The monoisotopic (exact) mass is 423 g/mol. The maximum Gasteiger partial charge on any atom is 0.191 e. The third-order valence-corrected chi connectivity index (χ3v) is 2.97. The Morgan fingerprint density at radius 3 is 2.73 bits per heavy atom. The van der Waals surface area contributed by atoms with Crippen molar-refractivity contribution in [1.82, 2.24) is 10.6 Å². The number of aliphatic imine (C=N–C) groups is 1. The van der Waals surface area contributed by atoms with Crippen molar-refractivity contribution in [1.29, 1.82) is 0 Å². The Morgan fingerprint density at radius 2 is 2.05 bits per heavy atom. The lowest BCUT2D eigenvalue weighted by Gasteiger charge is -2.11. The number of hydrogen-bond donors (Lipinski definition) is 2. The SMILES string of the molecule is CCNC(=NCc1cccc(F)c1)NCCCCCOC.I. The predicted molar refractivity (Wildman–Crippen MR) is 100 cm³/mol. The molecule has 1 aromatic rings. The molecule has 1 aromatic carbocycles. The van der Waals surface area contributed by atoms with Gasteiger partial charge in [-0.25, -0.2) is 9.38 Å². The highest BCUT2D eigenvalue weighted by Gasteiger charge is 1.98. The molecule has 0 saturated carbocycles. The van der Waals surface area contributed by atoms with Crippen LogP contribution >= 0.6 is 24.0 Å². The van der Waals surface area contributed by atoms with E-state index in [0.29, 0.717) is 6.54 Å². The Kier molecular flexibility index (Phi) is 13.2. The van der Waals surface area contributed by atoms with Crippen LogP contribution in [0, 0.1) is 5.82 Å². The van der Waals surface area contributed by atoms with Crippen LogP contribution in [0.15, 0.2) is 29.3 Å². The van der Waals surface area contributed by atoms with Gasteiger partial charge >= 0.3 is 0 Å². The van der Waals surface area contributed by atoms with Crippen molar-refractivity contribution in [3.63, 3.8) is 0 Å². The molecule has 0 amide bonds. The van der Waals surface area contributed by atoms with Crippen molar-refractivity contribution in [2.75, 3.05) is 26.8 Å². The van der Waals surface area contributed by atoms with Gasteiger partial charge in [-0.2, -0.15) is 0 Å². The Morgan fingerprint density at radius 1 is 1.23 bits per heavy atom. The number of nitrogens with one attached hydrogen (secondary N) is 2. The molecule has 0 aliphatic carbocycles. The number of hydrogen-bond acceptors (Lipinski definition) is 2. The first-order valence-corrected chi connectivity index (χ1v) is 7.51. The van der Waals surface area contributed by atoms with E-state index in [2.05, 4.69) is 15.6 Å². The van der Waals surface area contributed by atoms with Gasteiger partial charge in [-0.3, -0.25) is 0 Å². The van der Waals surface area contributed by atoms with Crippen LogP contribution in [-0.4, -0.2) is 32.8 Å². The molecule has 0 spiro atoms. The fraction of sp³-hybridized carbons (Fsp3) is 0.562. The third-order valence-electron chi connectivity index (χ3n) is 2.97. The molecule has 0 bridgehead atoms. The molecule has 6 heteroatoms. The first-order valence-electron chi connectivity index (χ1n) is 7.51. The second-order valence-electron chi connectivity index (χ2n) is 4.81. The topological polar surface area (TPSA) is 45.7 Å². The highest BCUT2D eigenvalue weighted by Crippen LogP contribution is 2.04. The van der Waals surface area contributed by atoms with E-state index < -0.39 is 0 Å². The molecule has 0 saturated heterocycles. The van der Waals surface area contributed by atoms with E-state index in [0.717, 1.165) is 50.5 Å². The van der Waals surface area contributed by atoms with Gasteiger partial charge in [0.2, 0.25) is 0 Å². The van der Waals surface area contributed by atoms with Crippen LogP contribution in [0.25, 0.3) is 0 Å². The minimum absolute atomic E-state index is 0. The molecule has 4 nitrogen and oxygen atoms in total. The lowest BCUT2D eigenvalue weighted by Crippen LogP contribution is -2.37. The molecule has 22 heavy (non-hydrogen) atoms. The Labute approximate surface area is 149 Å². The normalized spacial score (nSPS) is 11.0. The van der Waals surface area contributed by atoms with Gasteiger partial charge < -0.3 is 15.4 Å². The second kappa shape index (κ2) is 13.8. The Bertz CT molecular complexity index is 430. The van der Waals surface area contributed by atoms with Crippen LogP contribution in [0.1, 0.15) is 31.7 Å². The Hall–Kier alpha value is -0.890. The average molecular weight is 423 g/mol. The number of unbranched alkanes of at least 4 members (excludes halogenated alkanes) is 2. The van der Waals surface area contributed by atoms with Gasteiger partial charge in [-0.05, 0) is 43.9 Å². The molecule has 0 aliphatic heterocycles. The van der Waals surface area contributed by atoms with Crippen LogP contribution in [0.3, 0.4) is 0 Å². The molecule has 2 N–H and O–H groups in total. The second-order valence-corrected chi connectivity index (χ2v) is 4.81. The smallest absolute Gasteiger partial charge is 0.191 e. The van der Waals surface area contributed by atoms with E-state index in [1.807, 2.05) is 13.0 Å². The minimum Gasteiger partial charge on any atom is -0.385 e. The van der Waals surface area contributed by atoms with Gasteiger partial charge in [0.05, 0.1) is 6.54 Å². The fourth-order valence-electron chi connectivity index (χ4n) is 1.90. The quantitative estimate of drug-likeness (QED) is 0.277. The zero-order valence-corrected chi connectivity index (χ0v) is 15.7. The number of nitrogens with zero attached hydrogens (tertiary/aromatic N) is 1. The molecular formula is C16H27FIN3O. The standard InChI is InChI=1S/C16H26FN3O.HI/c1-3-18-16(19-10-5-4-6-11-21-2)20-13-14-8-7-9-15(17)12-14;/h7-9,12H,3-6,10-11,13H2,1-2H3,(H2,18,19,20);1H. The Balaban J connectivity index is 0.00000441. The van der Waals surface area contributed by atoms with Crippen LogP contribution in [0.5, 0.6) is 0 Å². The van der Waals surface area contributed by atoms with Gasteiger partial charge in [0.25, 0.3) is 0 Å². The number of ether oxygens (including phenoxy) is 1. The molecule has 0 aromatic heterocycles. The molecule has 126 valence electrons. The summed E-state index contributed by atoms with van der Waals surface area (Å²) in [6.45, 7) is 4.99. The maximum absolute atomic E-state index is 13.1. The predicted octanol–water partition coefficient (Wildman–Crippen LogP) is 3.32. The number of halogens is 2. The fourth-order valence-corrected chi connectivity index (χ4v) is 1.90. The number of guanidine groups is 1. The van der Waals surface area contributed by atoms with Gasteiger partial charge in [0.1, 0.15) is 5.82 Å². The number of methoxy groups -OCH3 is 1. The van der Waals surface area contributed by atoms with Crippen molar-refractivity contribution in [3.05, 3.63) is 35.6 Å². The lowest BCUT2D eigenvalue weighted by atomic mass is 10.2. The van der Waals surface area contributed by atoms with Gasteiger partial charge in [-0.15, -0.1) is 24.0 Å². The summed E-state index contributed by atoms with van der Waals surface area (Å²) < 4.78 is 18.1. The highest BCUT2D eigenvalue weighted by atomic mass is 127. The summed E-state index contributed by atoms with van der Waals surface area (Å²) >= 11 is 0. The van der Waals surface area contributed by atoms with Crippen LogP contribution in [0.2, 0.25) is 0 Å². The van der Waals surface area contributed by atoms with Crippen molar-refractivity contribution in [3.8, 4) is 0 Å². The zero-order valence-electron chi connectivity index (χ0n) is 13.4. The summed E-state index contributed by atoms with van der Waals surface area (Å²) in [5.74, 6) is 0.548. The maximum atomic E-state index is 13.1. The summed E-state index contributed by atoms with van der Waals surface area (Å²) in [5.41, 5.74) is 0.868. The summed E-state index contributed by atoms with van der Waals surface area (Å²) in [6.07, 6.45) is 3.28. The van der Waals surface area contributed by atoms with E-state index in [-0.39, 0.29) is 29.8 Å². The van der Waals surface area contributed by atoms with Crippen molar-refractivity contribution in [2.45, 2.75) is 32.7 Å². The van der Waals surface area contributed by atoms with Gasteiger partial charge in [-0.1, -0.05) is 12.1 Å². The van der Waals surface area contributed by atoms with Crippen LogP contribution < -0.4 is 10.6 Å². The van der Waals surface area contributed by atoms with Crippen molar-refractivity contribution >= 4 is 29.9 Å². The van der Waals surface area contributed by atoms with Crippen LogP contribution in [0.4, 0.5) is 4.39 Å². The lowest BCUT2D eigenvalue weighted by molar-refractivity contribution is 0.192. The van der Waals surface area contributed by atoms with Gasteiger partial charge in [0, 0.05) is 26.8 Å². The molecule has 0 heterocycles. The minimum atomic E-state index is -0.223. The summed E-state index contributed by atoms with van der Waals surface area (Å²) in [6, 6.07) is 6.53. The van der Waals surface area contributed by atoms with E-state index in [9.17, 15) is 4.39 Å². The first kappa shape index (κ1) is 21.1. The summed E-state index contributed by atoms with van der Waals surface area (Å²) in [5, 5.41) is 6.48. The van der Waals surface area contributed by atoms with E-state index in [1.165, 1.54) is 12.1 Å². The molecule has 0 atom stereocenters. The number of rotatable bonds is 9. The summed E-state index contributed by atoms with van der Waals surface area (Å²) in [7, 11) is 1.72. The molecule has 0 fully saturated rings. The largest absolute Gasteiger partial charge is 0.385 e. The van der Waals surface area contributed by atoms with E-state index in [1.54, 1.807) is 13.2 Å². The average Bonchev–Trinajstić information content (AvgIpc) is 2.48. The number of benzene rings is 1. The molecular weight excluding hydrogens is 396 g/mol.